The first-order valence-electron chi connectivity index (χ1n) is 3.32. The minimum atomic E-state index is -0.731. The van der Waals surface area contributed by atoms with Gasteiger partial charge >= 0.3 is 12.4 Å². The molecule has 0 atom stereocenters. The summed E-state index contributed by atoms with van der Waals surface area (Å²) in [5.41, 5.74) is 0.417. The Balaban J connectivity index is 2.49. The molecule has 6 heteroatoms. The summed E-state index contributed by atoms with van der Waals surface area (Å²) in [6, 6.07) is 0. The van der Waals surface area contributed by atoms with Crippen molar-refractivity contribution < 1.29 is 23.5 Å². The van der Waals surface area contributed by atoms with Crippen molar-refractivity contribution >= 4 is 12.4 Å². The molecule has 1 heterocycles. The molecule has 0 amide bonds. The van der Waals surface area contributed by atoms with E-state index in [1.165, 1.54) is 0 Å². The lowest BCUT2D eigenvalue weighted by Crippen LogP contribution is -2.08. The molecular formula is C7H6NO5. The van der Waals surface area contributed by atoms with E-state index in [9.17, 15) is 9.59 Å². The smallest absolute Gasteiger partial charge is 0.420 e. The van der Waals surface area contributed by atoms with E-state index in [0.29, 0.717) is 5.69 Å². The molecule has 0 aliphatic heterocycles. The second-order valence-electron chi connectivity index (χ2n) is 2.04. The Hall–Kier alpha value is -1.85. The zero-order valence-corrected chi connectivity index (χ0v) is 6.77. The van der Waals surface area contributed by atoms with Crippen LogP contribution in [0.15, 0.2) is 10.8 Å². The largest absolute Gasteiger partial charge is 0.436 e. The molecule has 0 bridgehead atoms. The molecule has 1 aromatic rings. The van der Waals surface area contributed by atoms with Crippen LogP contribution in [-0.2, 0) is 14.3 Å². The van der Waals surface area contributed by atoms with Gasteiger partial charge in [0.25, 0.3) is 0 Å². The first-order chi connectivity index (χ1) is 6.25. The molecule has 13 heavy (non-hydrogen) atoms. The van der Waals surface area contributed by atoms with E-state index in [1.807, 2.05) is 0 Å². The van der Waals surface area contributed by atoms with Crippen molar-refractivity contribution in [3.8, 4) is 0 Å². The maximum absolute atomic E-state index is 11.0. The SMILES string of the molecule is Cc1ncoc1C(=O)OCO[C]=O. The molecule has 1 aromatic heterocycles. The van der Waals surface area contributed by atoms with Crippen LogP contribution >= 0.6 is 0 Å². The monoisotopic (exact) mass is 184 g/mol. The molecule has 6 nitrogen and oxygen atoms in total. The van der Waals surface area contributed by atoms with Crippen molar-refractivity contribution in [3.05, 3.63) is 17.8 Å². The zero-order chi connectivity index (χ0) is 9.68. The number of nitrogens with zero attached hydrogens (tertiary/aromatic N) is 1. The van der Waals surface area contributed by atoms with E-state index in [1.54, 1.807) is 6.92 Å². The molecule has 0 saturated carbocycles. The Bertz CT molecular complexity index is 306. The summed E-state index contributed by atoms with van der Waals surface area (Å²) in [4.78, 5) is 24.3. The van der Waals surface area contributed by atoms with E-state index in [4.69, 9.17) is 4.42 Å². The van der Waals surface area contributed by atoms with Gasteiger partial charge in [-0.1, -0.05) is 0 Å². The minimum absolute atomic E-state index is 0.00509. The molecule has 0 unspecified atom stereocenters. The lowest BCUT2D eigenvalue weighted by atomic mass is 10.4. The fraction of sp³-hybridized carbons (Fsp3) is 0.286. The summed E-state index contributed by atoms with van der Waals surface area (Å²) in [5, 5.41) is 0. The molecule has 0 fully saturated rings. The minimum Gasteiger partial charge on any atom is -0.436 e. The fourth-order valence-electron chi connectivity index (χ4n) is 0.670. The molecule has 0 aromatic carbocycles. The highest BCUT2D eigenvalue weighted by Gasteiger charge is 2.15. The quantitative estimate of drug-likeness (QED) is 0.377. The number of rotatable bonds is 4. The lowest BCUT2D eigenvalue weighted by Gasteiger charge is -1.98. The van der Waals surface area contributed by atoms with Crippen molar-refractivity contribution in [2.24, 2.45) is 0 Å². The molecular weight excluding hydrogens is 178 g/mol. The van der Waals surface area contributed by atoms with Crippen LogP contribution in [0, 0.1) is 6.92 Å². The number of aromatic nitrogens is 1. The second-order valence-corrected chi connectivity index (χ2v) is 2.04. The fourth-order valence-corrected chi connectivity index (χ4v) is 0.670. The number of oxazole rings is 1. The lowest BCUT2D eigenvalue weighted by molar-refractivity contribution is 0.00754. The molecule has 1 radical (unpaired) electrons. The van der Waals surface area contributed by atoms with Crippen LogP contribution in [0.3, 0.4) is 0 Å². The summed E-state index contributed by atoms with van der Waals surface area (Å²) in [6.07, 6.45) is 1.12. The normalized spacial score (nSPS) is 9.31. The average Bonchev–Trinajstić information content (AvgIpc) is 2.52. The summed E-state index contributed by atoms with van der Waals surface area (Å²) < 4.78 is 13.2. The van der Waals surface area contributed by atoms with Gasteiger partial charge < -0.3 is 13.9 Å². The van der Waals surface area contributed by atoms with Crippen LogP contribution in [0.5, 0.6) is 0 Å². The summed E-state index contributed by atoms with van der Waals surface area (Å²) in [6.45, 7) is 2.22. The van der Waals surface area contributed by atoms with Gasteiger partial charge in [0.2, 0.25) is 12.6 Å². The van der Waals surface area contributed by atoms with Crippen LogP contribution in [0.2, 0.25) is 0 Å². The van der Waals surface area contributed by atoms with E-state index in [-0.39, 0.29) is 5.76 Å². The topological polar surface area (TPSA) is 78.6 Å². The predicted molar refractivity (Wildman–Crippen MR) is 38.3 cm³/mol. The van der Waals surface area contributed by atoms with Crippen LogP contribution in [0.25, 0.3) is 0 Å². The van der Waals surface area contributed by atoms with Gasteiger partial charge in [-0.05, 0) is 6.92 Å². The number of aryl methyl sites for hydroxylation is 1. The third-order valence-electron chi connectivity index (χ3n) is 1.24. The highest BCUT2D eigenvalue weighted by molar-refractivity contribution is 5.87. The number of carbonyl (C=O) groups excluding carboxylic acids is 2. The number of ether oxygens (including phenoxy) is 2. The van der Waals surface area contributed by atoms with Gasteiger partial charge in [0, 0.05) is 0 Å². The van der Waals surface area contributed by atoms with Crippen molar-refractivity contribution in [3.63, 3.8) is 0 Å². The molecule has 69 valence electrons. The number of carbonyl (C=O) groups is 1. The third-order valence-corrected chi connectivity index (χ3v) is 1.24. The van der Waals surface area contributed by atoms with Gasteiger partial charge in [-0.2, -0.15) is 0 Å². The third kappa shape index (κ3) is 2.29. The van der Waals surface area contributed by atoms with Crippen molar-refractivity contribution in [2.75, 3.05) is 6.79 Å². The van der Waals surface area contributed by atoms with Gasteiger partial charge in [-0.3, -0.25) is 0 Å². The maximum Gasteiger partial charge on any atom is 0.420 e. The van der Waals surface area contributed by atoms with E-state index < -0.39 is 12.8 Å². The first-order valence-corrected chi connectivity index (χ1v) is 3.32. The second kappa shape index (κ2) is 4.24. The summed E-state index contributed by atoms with van der Waals surface area (Å²) in [7, 11) is 0. The highest BCUT2D eigenvalue weighted by Crippen LogP contribution is 2.06. The van der Waals surface area contributed by atoms with Gasteiger partial charge in [0.05, 0.1) is 5.69 Å². The molecule has 0 aliphatic rings. The Labute approximate surface area is 73.5 Å². The van der Waals surface area contributed by atoms with Crippen LogP contribution < -0.4 is 0 Å². The molecule has 1 rings (SSSR count). The highest BCUT2D eigenvalue weighted by atomic mass is 16.7. The Morgan fingerprint density at radius 3 is 3.08 bits per heavy atom. The summed E-state index contributed by atoms with van der Waals surface area (Å²) in [5.74, 6) is -0.736. The van der Waals surface area contributed by atoms with Crippen molar-refractivity contribution in [2.45, 2.75) is 6.92 Å². The zero-order valence-electron chi connectivity index (χ0n) is 6.77. The van der Waals surface area contributed by atoms with Gasteiger partial charge in [-0.25, -0.2) is 14.6 Å². The first kappa shape index (κ1) is 9.24. The Kier molecular flexibility index (Phi) is 3.02. The Morgan fingerprint density at radius 1 is 1.77 bits per heavy atom. The van der Waals surface area contributed by atoms with E-state index in [0.717, 1.165) is 12.9 Å². The predicted octanol–water partition coefficient (Wildman–Crippen LogP) is 0.181. The van der Waals surface area contributed by atoms with Crippen LogP contribution in [0.1, 0.15) is 16.2 Å². The number of hydrogen-bond acceptors (Lipinski definition) is 6. The van der Waals surface area contributed by atoms with Crippen LogP contribution in [0.4, 0.5) is 0 Å². The standard InChI is InChI=1S/C7H6NO5/c1-5-6(12-2-8-5)7(10)13-4-11-3-9/h2H,4H2,1H3. The van der Waals surface area contributed by atoms with Gasteiger partial charge in [-0.15, -0.1) is 0 Å². The molecule has 0 saturated heterocycles. The summed E-state index contributed by atoms with van der Waals surface area (Å²) >= 11 is 0. The number of esters is 1. The van der Waals surface area contributed by atoms with Crippen molar-refractivity contribution in [1.82, 2.24) is 4.98 Å². The molecule has 0 aliphatic carbocycles. The Morgan fingerprint density at radius 2 is 2.54 bits per heavy atom. The van der Waals surface area contributed by atoms with Gasteiger partial charge in [0.15, 0.2) is 6.39 Å². The van der Waals surface area contributed by atoms with E-state index >= 15 is 0 Å². The maximum atomic E-state index is 11.0. The van der Waals surface area contributed by atoms with E-state index in [2.05, 4.69) is 14.5 Å². The molecule has 0 N–H and O–H groups in total. The van der Waals surface area contributed by atoms with Gasteiger partial charge in [0.1, 0.15) is 0 Å². The van der Waals surface area contributed by atoms with Crippen LogP contribution in [-0.4, -0.2) is 24.2 Å². The molecule has 0 spiro atoms. The van der Waals surface area contributed by atoms with Crippen molar-refractivity contribution in [1.29, 1.82) is 0 Å². The number of hydrogen-bond donors (Lipinski definition) is 0. The average molecular weight is 184 g/mol.